The molecule has 2 heterocycles. The first-order chi connectivity index (χ1) is 9.02. The van der Waals surface area contributed by atoms with Gasteiger partial charge >= 0.3 is 5.69 Å². The van der Waals surface area contributed by atoms with Crippen LogP contribution in [-0.2, 0) is 20.6 Å². The van der Waals surface area contributed by atoms with Gasteiger partial charge in [-0.25, -0.2) is 4.79 Å². The highest BCUT2D eigenvalue weighted by atomic mass is 16.2. The molecule has 0 aliphatic carbocycles. The average molecular weight is 266 g/mol. The van der Waals surface area contributed by atoms with Crippen LogP contribution in [0.2, 0.25) is 0 Å². The fourth-order valence-corrected chi connectivity index (χ4v) is 2.60. The summed E-state index contributed by atoms with van der Waals surface area (Å²) in [5, 5.41) is 0. The maximum atomic E-state index is 12.2. The lowest BCUT2D eigenvalue weighted by Gasteiger charge is -2.21. The summed E-state index contributed by atoms with van der Waals surface area (Å²) in [5.41, 5.74) is 5.82. The smallest absolute Gasteiger partial charge is 0.332 e. The molecule has 0 amide bonds. The highest BCUT2D eigenvalue weighted by molar-refractivity contribution is 5.38. The molecule has 0 unspecified atom stereocenters. The van der Waals surface area contributed by atoms with E-state index in [0.717, 1.165) is 30.5 Å². The predicted molar refractivity (Wildman–Crippen MR) is 75.1 cm³/mol. The summed E-state index contributed by atoms with van der Waals surface area (Å²) < 4.78 is 2.47. The van der Waals surface area contributed by atoms with Gasteiger partial charge in [-0.15, -0.1) is 0 Å². The van der Waals surface area contributed by atoms with E-state index in [0.29, 0.717) is 12.1 Å². The Labute approximate surface area is 112 Å². The lowest BCUT2D eigenvalue weighted by molar-refractivity contribution is 0.275. The van der Waals surface area contributed by atoms with Gasteiger partial charge < -0.3 is 5.73 Å². The quantitative estimate of drug-likeness (QED) is 0.820. The average Bonchev–Trinajstić information content (AvgIpc) is 2.68. The molecule has 1 saturated heterocycles. The first kappa shape index (κ1) is 13.9. The van der Waals surface area contributed by atoms with Crippen LogP contribution in [0.3, 0.4) is 0 Å². The molecule has 106 valence electrons. The summed E-state index contributed by atoms with van der Waals surface area (Å²) in [6.07, 6.45) is 4.81. The van der Waals surface area contributed by atoms with E-state index < -0.39 is 0 Å². The number of anilines is 1. The van der Waals surface area contributed by atoms with Crippen LogP contribution in [0.1, 0.15) is 31.2 Å². The Bertz CT molecular complexity index is 565. The van der Waals surface area contributed by atoms with Crippen molar-refractivity contribution in [2.45, 2.75) is 32.2 Å². The number of aromatic nitrogens is 2. The van der Waals surface area contributed by atoms with Gasteiger partial charge in [0.2, 0.25) is 0 Å². The molecule has 2 rings (SSSR count). The monoisotopic (exact) mass is 266 g/mol. The Hall–Kier alpha value is -1.56. The van der Waals surface area contributed by atoms with E-state index in [9.17, 15) is 9.59 Å². The van der Waals surface area contributed by atoms with Crippen LogP contribution in [-0.4, -0.2) is 27.1 Å². The molecule has 0 radical (unpaired) electrons. The summed E-state index contributed by atoms with van der Waals surface area (Å²) in [4.78, 5) is 26.2. The van der Waals surface area contributed by atoms with Crippen molar-refractivity contribution in [1.29, 1.82) is 0 Å². The van der Waals surface area contributed by atoms with Crippen LogP contribution in [0.5, 0.6) is 0 Å². The molecule has 1 aromatic heterocycles. The first-order valence-corrected chi connectivity index (χ1v) is 6.79. The molecule has 0 saturated carbocycles. The normalized spacial score (nSPS) is 17.4. The number of likely N-dealkylation sites (tertiary alicyclic amines) is 1. The van der Waals surface area contributed by atoms with E-state index in [1.807, 2.05) is 0 Å². The van der Waals surface area contributed by atoms with Crippen molar-refractivity contribution in [3.63, 3.8) is 0 Å². The number of hydrogen-bond donors (Lipinski definition) is 1. The largest absolute Gasteiger partial charge is 0.385 e. The molecule has 2 N–H and O–H groups in total. The zero-order valence-electron chi connectivity index (χ0n) is 11.7. The number of nitrogens with two attached hydrogens (primary N) is 1. The third kappa shape index (κ3) is 2.73. The minimum Gasteiger partial charge on any atom is -0.385 e. The van der Waals surface area contributed by atoms with Crippen LogP contribution >= 0.6 is 0 Å². The number of hydrogen-bond acceptors (Lipinski definition) is 4. The molecule has 1 fully saturated rings. The maximum absolute atomic E-state index is 12.2. The van der Waals surface area contributed by atoms with Gasteiger partial charge in [0.1, 0.15) is 5.82 Å². The van der Waals surface area contributed by atoms with Gasteiger partial charge in [-0.2, -0.15) is 0 Å². The summed E-state index contributed by atoms with van der Waals surface area (Å²) in [6, 6.07) is 0. The van der Waals surface area contributed by atoms with Crippen LogP contribution in [0.25, 0.3) is 0 Å². The van der Waals surface area contributed by atoms with E-state index in [-0.39, 0.29) is 17.1 Å². The molecule has 1 aliphatic rings. The van der Waals surface area contributed by atoms with Crippen molar-refractivity contribution in [2.24, 2.45) is 14.1 Å². The van der Waals surface area contributed by atoms with Gasteiger partial charge in [0.05, 0.1) is 5.56 Å². The molecule has 0 bridgehead atoms. The van der Waals surface area contributed by atoms with Gasteiger partial charge in [0.25, 0.3) is 5.56 Å². The standard InChI is InChI=1S/C13H22N4O2/c1-15-11(14)10(12(18)16(2)13(15)19)9-17-7-5-3-4-6-8-17/h3-9,14H2,1-2H3. The SMILES string of the molecule is Cn1c(N)c(CN2CCCCCC2)c(=O)n(C)c1=O. The van der Waals surface area contributed by atoms with E-state index in [4.69, 9.17) is 5.73 Å². The lowest BCUT2D eigenvalue weighted by Crippen LogP contribution is -2.42. The van der Waals surface area contributed by atoms with Gasteiger partial charge in [0.15, 0.2) is 0 Å². The second-order valence-corrected chi connectivity index (χ2v) is 5.26. The van der Waals surface area contributed by atoms with Gasteiger partial charge in [0, 0.05) is 20.6 Å². The summed E-state index contributed by atoms with van der Waals surface area (Å²) in [6.45, 7) is 2.52. The maximum Gasteiger partial charge on any atom is 0.332 e. The highest BCUT2D eigenvalue weighted by Crippen LogP contribution is 2.13. The Morgan fingerprint density at radius 3 is 2.16 bits per heavy atom. The molecule has 19 heavy (non-hydrogen) atoms. The van der Waals surface area contributed by atoms with Gasteiger partial charge in [-0.3, -0.25) is 18.8 Å². The fourth-order valence-electron chi connectivity index (χ4n) is 2.60. The third-order valence-corrected chi connectivity index (χ3v) is 3.89. The Morgan fingerprint density at radius 1 is 1.00 bits per heavy atom. The summed E-state index contributed by atoms with van der Waals surface area (Å²) in [7, 11) is 3.10. The molecular formula is C13H22N4O2. The van der Waals surface area contributed by atoms with Crippen molar-refractivity contribution >= 4 is 5.82 Å². The van der Waals surface area contributed by atoms with E-state index in [2.05, 4.69) is 4.90 Å². The Kier molecular flexibility index (Phi) is 4.09. The number of rotatable bonds is 2. The predicted octanol–water partition coefficient (Wildman–Crippen LogP) is 0.0422. The summed E-state index contributed by atoms with van der Waals surface area (Å²) in [5.74, 6) is 0.289. The topological polar surface area (TPSA) is 73.3 Å². The molecule has 0 atom stereocenters. The van der Waals surface area contributed by atoms with E-state index in [1.165, 1.54) is 24.5 Å². The molecule has 0 aromatic carbocycles. The molecule has 1 aromatic rings. The molecule has 6 heteroatoms. The van der Waals surface area contributed by atoms with Gasteiger partial charge in [-0.05, 0) is 25.9 Å². The van der Waals surface area contributed by atoms with Crippen LogP contribution in [0.15, 0.2) is 9.59 Å². The fraction of sp³-hybridized carbons (Fsp3) is 0.692. The lowest BCUT2D eigenvalue weighted by atomic mass is 10.2. The molecule has 6 nitrogen and oxygen atoms in total. The van der Waals surface area contributed by atoms with Crippen LogP contribution in [0, 0.1) is 0 Å². The zero-order valence-corrected chi connectivity index (χ0v) is 11.7. The second kappa shape index (κ2) is 5.61. The first-order valence-electron chi connectivity index (χ1n) is 6.79. The van der Waals surface area contributed by atoms with Crippen molar-refractivity contribution < 1.29 is 0 Å². The number of nitrogens with zero attached hydrogens (tertiary/aromatic N) is 3. The number of nitrogen functional groups attached to an aromatic ring is 1. The van der Waals surface area contributed by atoms with Crippen molar-refractivity contribution in [1.82, 2.24) is 14.0 Å². The van der Waals surface area contributed by atoms with Crippen molar-refractivity contribution in [2.75, 3.05) is 18.8 Å². The summed E-state index contributed by atoms with van der Waals surface area (Å²) >= 11 is 0. The Morgan fingerprint density at radius 2 is 1.58 bits per heavy atom. The Balaban J connectivity index is 2.34. The van der Waals surface area contributed by atoms with Crippen molar-refractivity contribution in [3.05, 3.63) is 26.4 Å². The molecule has 1 aliphatic heterocycles. The molecule has 0 spiro atoms. The van der Waals surface area contributed by atoms with Crippen molar-refractivity contribution in [3.8, 4) is 0 Å². The minimum atomic E-state index is -0.373. The highest BCUT2D eigenvalue weighted by Gasteiger charge is 2.17. The van der Waals surface area contributed by atoms with Crippen LogP contribution < -0.4 is 17.0 Å². The van der Waals surface area contributed by atoms with Gasteiger partial charge in [-0.1, -0.05) is 12.8 Å². The van der Waals surface area contributed by atoms with E-state index >= 15 is 0 Å². The van der Waals surface area contributed by atoms with Crippen LogP contribution in [0.4, 0.5) is 5.82 Å². The molecular weight excluding hydrogens is 244 g/mol. The second-order valence-electron chi connectivity index (χ2n) is 5.26. The zero-order chi connectivity index (χ0) is 14.0. The third-order valence-electron chi connectivity index (χ3n) is 3.89. The minimum absolute atomic E-state index is 0.273. The van der Waals surface area contributed by atoms with E-state index in [1.54, 1.807) is 7.05 Å².